The highest BCUT2D eigenvalue weighted by Crippen LogP contribution is 2.22. The number of carbonyl (C=O) groups excluding carboxylic acids is 1. The minimum Gasteiger partial charge on any atom is -0.479 e. The van der Waals surface area contributed by atoms with Gasteiger partial charge < -0.3 is 15.2 Å². The Hall–Kier alpha value is -1.75. The van der Waals surface area contributed by atoms with E-state index in [9.17, 15) is 9.59 Å². The molecule has 0 fully saturated rings. The van der Waals surface area contributed by atoms with Crippen LogP contribution in [0.1, 0.15) is 11.6 Å². The van der Waals surface area contributed by atoms with E-state index in [1.807, 2.05) is 0 Å². The largest absolute Gasteiger partial charge is 0.479 e. The zero-order chi connectivity index (χ0) is 12.1. The van der Waals surface area contributed by atoms with E-state index in [0.29, 0.717) is 5.56 Å². The second-order valence-corrected chi connectivity index (χ2v) is 3.34. The number of carbonyl (C=O) groups is 2. The highest BCUT2D eigenvalue weighted by atomic mass is 35.5. The minimum atomic E-state index is -1.22. The van der Waals surface area contributed by atoms with Crippen LogP contribution in [-0.2, 0) is 9.53 Å². The molecule has 0 bridgehead atoms. The second kappa shape index (κ2) is 5.37. The Balaban J connectivity index is 2.99. The van der Waals surface area contributed by atoms with E-state index in [1.165, 1.54) is 6.07 Å². The van der Waals surface area contributed by atoms with Gasteiger partial charge >= 0.3 is 12.1 Å². The molecule has 1 unspecified atom stereocenters. The zero-order valence-corrected chi connectivity index (χ0v) is 9.19. The number of hydrogen-bond donors (Lipinski definition) is 2. The van der Waals surface area contributed by atoms with Gasteiger partial charge in [0.15, 0.2) is 6.04 Å². The number of aliphatic carboxylic acids is 1. The first-order valence-corrected chi connectivity index (χ1v) is 4.75. The summed E-state index contributed by atoms with van der Waals surface area (Å²) in [4.78, 5) is 21.9. The standard InChI is InChI=1S/C10H10ClNO4/c1-16-10(15)12-8(9(13)14)6-4-2-3-5-7(6)11/h2-5,8H,1H3,(H,12,15)(H,13,14). The quantitative estimate of drug-likeness (QED) is 0.849. The van der Waals surface area contributed by atoms with Crippen molar-refractivity contribution in [2.45, 2.75) is 6.04 Å². The molecule has 0 radical (unpaired) electrons. The summed E-state index contributed by atoms with van der Waals surface area (Å²) in [6.07, 6.45) is -0.827. The summed E-state index contributed by atoms with van der Waals surface area (Å²) in [7, 11) is 1.15. The van der Waals surface area contributed by atoms with Crippen LogP contribution < -0.4 is 5.32 Å². The average molecular weight is 244 g/mol. The normalized spacial score (nSPS) is 11.6. The fourth-order valence-corrected chi connectivity index (χ4v) is 1.40. The lowest BCUT2D eigenvalue weighted by Crippen LogP contribution is -2.33. The highest BCUT2D eigenvalue weighted by molar-refractivity contribution is 6.31. The van der Waals surface area contributed by atoms with Crippen LogP contribution in [0, 0.1) is 0 Å². The monoisotopic (exact) mass is 243 g/mol. The number of carboxylic acids is 1. The van der Waals surface area contributed by atoms with Crippen LogP contribution in [0.2, 0.25) is 5.02 Å². The number of halogens is 1. The third-order valence-corrected chi connectivity index (χ3v) is 2.25. The van der Waals surface area contributed by atoms with Gasteiger partial charge in [-0.1, -0.05) is 29.8 Å². The van der Waals surface area contributed by atoms with Crippen molar-refractivity contribution in [3.63, 3.8) is 0 Å². The van der Waals surface area contributed by atoms with E-state index in [1.54, 1.807) is 18.2 Å². The van der Waals surface area contributed by atoms with Gasteiger partial charge in [0, 0.05) is 10.6 Å². The van der Waals surface area contributed by atoms with Crippen molar-refractivity contribution >= 4 is 23.7 Å². The number of amides is 1. The van der Waals surface area contributed by atoms with E-state index < -0.39 is 18.1 Å². The molecule has 86 valence electrons. The molecule has 0 heterocycles. The summed E-state index contributed by atoms with van der Waals surface area (Å²) in [5.41, 5.74) is 0.307. The van der Waals surface area contributed by atoms with Crippen LogP contribution in [0.5, 0.6) is 0 Å². The topological polar surface area (TPSA) is 75.6 Å². The maximum absolute atomic E-state index is 11.0. The van der Waals surface area contributed by atoms with Gasteiger partial charge in [-0.25, -0.2) is 9.59 Å². The predicted octanol–water partition coefficient (Wildman–Crippen LogP) is 1.82. The Kier molecular flexibility index (Phi) is 4.13. The number of carboxylic acid groups (broad SMARTS) is 1. The van der Waals surface area contributed by atoms with Gasteiger partial charge in [0.2, 0.25) is 0 Å². The Bertz CT molecular complexity index is 408. The van der Waals surface area contributed by atoms with Crippen LogP contribution >= 0.6 is 11.6 Å². The van der Waals surface area contributed by atoms with Crippen LogP contribution in [-0.4, -0.2) is 24.3 Å². The predicted molar refractivity (Wildman–Crippen MR) is 57.4 cm³/mol. The van der Waals surface area contributed by atoms with Crippen molar-refractivity contribution in [2.24, 2.45) is 0 Å². The van der Waals surface area contributed by atoms with Gasteiger partial charge in [0.1, 0.15) is 0 Å². The fraction of sp³-hybridized carbons (Fsp3) is 0.200. The Labute approximate surface area is 97.0 Å². The molecule has 6 heteroatoms. The van der Waals surface area contributed by atoms with Crippen LogP contribution in [0.15, 0.2) is 24.3 Å². The molecule has 1 aromatic rings. The van der Waals surface area contributed by atoms with Gasteiger partial charge in [-0.2, -0.15) is 0 Å². The Morgan fingerprint density at radius 3 is 2.56 bits per heavy atom. The van der Waals surface area contributed by atoms with E-state index >= 15 is 0 Å². The summed E-state index contributed by atoms with van der Waals surface area (Å²) in [6.45, 7) is 0. The first-order chi connectivity index (χ1) is 7.56. The fourth-order valence-electron chi connectivity index (χ4n) is 1.16. The molecule has 0 saturated carbocycles. The summed E-state index contributed by atoms with van der Waals surface area (Å²) in [5.74, 6) is -1.21. The molecule has 2 N–H and O–H groups in total. The van der Waals surface area contributed by atoms with Crippen molar-refractivity contribution < 1.29 is 19.4 Å². The van der Waals surface area contributed by atoms with E-state index in [4.69, 9.17) is 16.7 Å². The molecule has 1 rings (SSSR count). The summed E-state index contributed by atoms with van der Waals surface area (Å²) >= 11 is 5.83. The van der Waals surface area contributed by atoms with E-state index in [-0.39, 0.29) is 5.02 Å². The van der Waals surface area contributed by atoms with Gasteiger partial charge in [-0.3, -0.25) is 0 Å². The number of hydrogen-bond acceptors (Lipinski definition) is 3. The number of benzene rings is 1. The molecular weight excluding hydrogens is 234 g/mol. The van der Waals surface area contributed by atoms with Crippen molar-refractivity contribution in [2.75, 3.05) is 7.11 Å². The number of nitrogens with one attached hydrogen (secondary N) is 1. The molecule has 1 amide bonds. The number of ether oxygens (including phenoxy) is 1. The Morgan fingerprint density at radius 1 is 1.44 bits per heavy atom. The summed E-state index contributed by atoms with van der Waals surface area (Å²) in [5, 5.41) is 11.4. The van der Waals surface area contributed by atoms with Crippen molar-refractivity contribution in [1.29, 1.82) is 0 Å². The van der Waals surface area contributed by atoms with Gasteiger partial charge in [0.05, 0.1) is 7.11 Å². The molecule has 0 aliphatic carbocycles. The first kappa shape index (κ1) is 12.3. The smallest absolute Gasteiger partial charge is 0.407 e. The third-order valence-electron chi connectivity index (χ3n) is 1.91. The lowest BCUT2D eigenvalue weighted by atomic mass is 10.1. The molecule has 1 aromatic carbocycles. The molecule has 0 aliphatic rings. The first-order valence-electron chi connectivity index (χ1n) is 4.38. The van der Waals surface area contributed by atoms with Gasteiger partial charge in [0.25, 0.3) is 0 Å². The van der Waals surface area contributed by atoms with E-state index in [2.05, 4.69) is 10.1 Å². The maximum atomic E-state index is 11.0. The van der Waals surface area contributed by atoms with E-state index in [0.717, 1.165) is 7.11 Å². The number of methoxy groups -OCH3 is 1. The SMILES string of the molecule is COC(=O)NC(C(=O)O)c1ccccc1Cl. The van der Waals surface area contributed by atoms with Crippen LogP contribution in [0.4, 0.5) is 4.79 Å². The van der Waals surface area contributed by atoms with Crippen molar-refractivity contribution in [3.05, 3.63) is 34.9 Å². The molecule has 5 nitrogen and oxygen atoms in total. The molecular formula is C10H10ClNO4. The molecule has 0 spiro atoms. The number of alkyl carbamates (subject to hydrolysis) is 1. The molecule has 0 saturated heterocycles. The van der Waals surface area contributed by atoms with Gasteiger partial charge in [-0.15, -0.1) is 0 Å². The zero-order valence-electron chi connectivity index (χ0n) is 8.44. The summed E-state index contributed by atoms with van der Waals surface area (Å²) in [6, 6.07) is 5.16. The van der Waals surface area contributed by atoms with Crippen molar-refractivity contribution in [1.82, 2.24) is 5.32 Å². The average Bonchev–Trinajstić information content (AvgIpc) is 2.26. The number of rotatable bonds is 3. The second-order valence-electron chi connectivity index (χ2n) is 2.93. The molecule has 16 heavy (non-hydrogen) atoms. The highest BCUT2D eigenvalue weighted by Gasteiger charge is 2.24. The lowest BCUT2D eigenvalue weighted by molar-refractivity contribution is -0.139. The lowest BCUT2D eigenvalue weighted by Gasteiger charge is -2.14. The third kappa shape index (κ3) is 2.87. The maximum Gasteiger partial charge on any atom is 0.407 e. The molecule has 0 aromatic heterocycles. The van der Waals surface area contributed by atoms with Crippen LogP contribution in [0.3, 0.4) is 0 Å². The van der Waals surface area contributed by atoms with Crippen molar-refractivity contribution in [3.8, 4) is 0 Å². The molecule has 1 atom stereocenters. The minimum absolute atomic E-state index is 0.270. The Morgan fingerprint density at radius 2 is 2.06 bits per heavy atom. The summed E-state index contributed by atoms with van der Waals surface area (Å²) < 4.78 is 4.34. The van der Waals surface area contributed by atoms with Gasteiger partial charge in [-0.05, 0) is 6.07 Å². The molecule has 0 aliphatic heterocycles. The van der Waals surface area contributed by atoms with Crippen LogP contribution in [0.25, 0.3) is 0 Å².